The first kappa shape index (κ1) is 13.2. The second kappa shape index (κ2) is 4.78. The molecule has 1 fully saturated rings. The fourth-order valence-electron chi connectivity index (χ4n) is 2.36. The molecule has 0 unspecified atom stereocenters. The molecule has 1 heterocycles. The molecule has 18 heavy (non-hydrogen) atoms. The number of aliphatic hydroxyl groups is 1. The van der Waals surface area contributed by atoms with Gasteiger partial charge in [-0.1, -0.05) is 31.0 Å². The molecule has 3 N–H and O–H groups in total. The van der Waals surface area contributed by atoms with Crippen molar-refractivity contribution in [3.63, 3.8) is 0 Å². The van der Waals surface area contributed by atoms with Gasteiger partial charge in [0.05, 0.1) is 29.3 Å². The van der Waals surface area contributed by atoms with Crippen LogP contribution in [0, 0.1) is 0 Å². The topological polar surface area (TPSA) is 66.6 Å². The average molecular weight is 269 g/mol. The van der Waals surface area contributed by atoms with Crippen LogP contribution in [0.3, 0.4) is 0 Å². The zero-order chi connectivity index (χ0) is 13.3. The molecular weight excluding hydrogens is 252 g/mol. The monoisotopic (exact) mass is 268 g/mol. The van der Waals surface area contributed by atoms with E-state index in [-0.39, 0.29) is 5.91 Å². The molecule has 1 saturated heterocycles. The largest absolute Gasteiger partial charge is 0.398 e. The van der Waals surface area contributed by atoms with Crippen LogP contribution >= 0.6 is 11.6 Å². The number of carbonyl (C=O) groups is 1. The second-order valence-corrected chi connectivity index (χ2v) is 5.25. The van der Waals surface area contributed by atoms with Gasteiger partial charge < -0.3 is 15.7 Å². The summed E-state index contributed by atoms with van der Waals surface area (Å²) in [5, 5.41) is 10.4. The zero-order valence-electron chi connectivity index (χ0n) is 10.3. The average Bonchev–Trinajstić information content (AvgIpc) is 2.25. The molecule has 2 rings (SSSR count). The predicted octanol–water partition coefficient (Wildman–Crippen LogP) is 1.91. The maximum atomic E-state index is 12.2. The van der Waals surface area contributed by atoms with Gasteiger partial charge >= 0.3 is 0 Å². The number of hydrogen-bond acceptors (Lipinski definition) is 3. The van der Waals surface area contributed by atoms with Crippen LogP contribution in [0.15, 0.2) is 18.2 Å². The number of rotatable bonds is 3. The first-order valence-corrected chi connectivity index (χ1v) is 6.40. The van der Waals surface area contributed by atoms with Crippen LogP contribution in [0.2, 0.25) is 5.02 Å². The van der Waals surface area contributed by atoms with E-state index in [0.717, 1.165) is 6.42 Å². The van der Waals surface area contributed by atoms with E-state index in [1.54, 1.807) is 23.1 Å². The number of hydrogen-bond donors (Lipinski definition) is 2. The Kier molecular flexibility index (Phi) is 3.50. The number of carbonyl (C=O) groups excluding carboxylic acids is 1. The van der Waals surface area contributed by atoms with Gasteiger partial charge in [0.15, 0.2) is 0 Å². The van der Waals surface area contributed by atoms with Crippen LogP contribution < -0.4 is 5.73 Å². The quantitative estimate of drug-likeness (QED) is 0.823. The fourth-order valence-corrected chi connectivity index (χ4v) is 2.62. The molecule has 1 aromatic carbocycles. The van der Waals surface area contributed by atoms with Gasteiger partial charge in [-0.25, -0.2) is 0 Å². The molecule has 0 atom stereocenters. The van der Waals surface area contributed by atoms with Gasteiger partial charge in [0.2, 0.25) is 0 Å². The van der Waals surface area contributed by atoms with Crippen molar-refractivity contribution in [1.82, 2.24) is 4.90 Å². The van der Waals surface area contributed by atoms with Crippen molar-refractivity contribution >= 4 is 23.2 Å². The van der Waals surface area contributed by atoms with Crippen molar-refractivity contribution in [1.29, 1.82) is 0 Å². The summed E-state index contributed by atoms with van der Waals surface area (Å²) >= 11 is 5.99. The standard InChI is InChI=1S/C13H17ClN2O2/c1-2-6-13(18)7-16(8-13)12(17)11-9(14)4-3-5-10(11)15/h3-5,18H,2,6-8,15H2,1H3. The highest BCUT2D eigenvalue weighted by Gasteiger charge is 2.43. The smallest absolute Gasteiger partial charge is 0.257 e. The Hall–Kier alpha value is -1.26. The molecule has 5 heteroatoms. The lowest BCUT2D eigenvalue weighted by atomic mass is 9.88. The highest BCUT2D eigenvalue weighted by atomic mass is 35.5. The molecule has 98 valence electrons. The number of likely N-dealkylation sites (tertiary alicyclic amines) is 1. The van der Waals surface area contributed by atoms with E-state index in [4.69, 9.17) is 17.3 Å². The molecule has 1 amide bonds. The Bertz CT molecular complexity index is 450. The summed E-state index contributed by atoms with van der Waals surface area (Å²) in [5.41, 5.74) is 5.74. The molecule has 0 spiro atoms. The summed E-state index contributed by atoms with van der Waals surface area (Å²) in [6, 6.07) is 5.00. The SMILES string of the molecule is CCCC1(O)CN(C(=O)c2c(N)cccc2Cl)C1. The predicted molar refractivity (Wildman–Crippen MR) is 71.6 cm³/mol. The number of nitrogen functional groups attached to an aromatic ring is 1. The third-order valence-electron chi connectivity index (χ3n) is 3.23. The van der Waals surface area contributed by atoms with Crippen LogP contribution in [0.25, 0.3) is 0 Å². The summed E-state index contributed by atoms with van der Waals surface area (Å²) in [6.45, 7) is 2.71. The van der Waals surface area contributed by atoms with Crippen LogP contribution in [-0.2, 0) is 0 Å². The van der Waals surface area contributed by atoms with E-state index < -0.39 is 5.60 Å². The Labute approximate surface area is 111 Å². The number of anilines is 1. The molecule has 0 aliphatic carbocycles. The lowest BCUT2D eigenvalue weighted by Crippen LogP contribution is -2.63. The summed E-state index contributed by atoms with van der Waals surface area (Å²) < 4.78 is 0. The minimum Gasteiger partial charge on any atom is -0.398 e. The first-order valence-electron chi connectivity index (χ1n) is 6.02. The maximum absolute atomic E-state index is 12.2. The Morgan fingerprint density at radius 2 is 2.22 bits per heavy atom. The van der Waals surface area contributed by atoms with Crippen molar-refractivity contribution in [2.45, 2.75) is 25.4 Å². The zero-order valence-corrected chi connectivity index (χ0v) is 11.1. The van der Waals surface area contributed by atoms with Crippen molar-refractivity contribution < 1.29 is 9.90 Å². The number of β-amino-alcohol motifs (C(OH)–C–C–N with tert-alkyl or cyclic N) is 1. The van der Waals surface area contributed by atoms with Gasteiger partial charge in [0.25, 0.3) is 5.91 Å². The highest BCUT2D eigenvalue weighted by molar-refractivity contribution is 6.34. The van der Waals surface area contributed by atoms with Gasteiger partial charge in [-0.05, 0) is 18.6 Å². The fraction of sp³-hybridized carbons (Fsp3) is 0.462. The first-order chi connectivity index (χ1) is 8.47. The van der Waals surface area contributed by atoms with E-state index in [0.29, 0.717) is 35.8 Å². The van der Waals surface area contributed by atoms with Crippen LogP contribution in [0.5, 0.6) is 0 Å². The normalized spacial score (nSPS) is 17.4. The van der Waals surface area contributed by atoms with Gasteiger partial charge in [-0.3, -0.25) is 4.79 Å². The summed E-state index contributed by atoms with van der Waals surface area (Å²) in [7, 11) is 0. The summed E-state index contributed by atoms with van der Waals surface area (Å²) in [6.07, 6.45) is 1.60. The van der Waals surface area contributed by atoms with Crippen molar-refractivity contribution in [3.05, 3.63) is 28.8 Å². The van der Waals surface area contributed by atoms with Gasteiger partial charge in [-0.15, -0.1) is 0 Å². The minimum atomic E-state index is -0.736. The van der Waals surface area contributed by atoms with Crippen LogP contribution in [-0.4, -0.2) is 34.6 Å². The molecule has 1 aliphatic heterocycles. The van der Waals surface area contributed by atoms with Gasteiger partial charge in [-0.2, -0.15) is 0 Å². The molecule has 4 nitrogen and oxygen atoms in total. The molecule has 0 saturated carbocycles. The second-order valence-electron chi connectivity index (χ2n) is 4.84. The van der Waals surface area contributed by atoms with Crippen LogP contribution in [0.4, 0.5) is 5.69 Å². The highest BCUT2D eigenvalue weighted by Crippen LogP contribution is 2.30. The van der Waals surface area contributed by atoms with Gasteiger partial charge in [0.1, 0.15) is 0 Å². The molecule has 0 radical (unpaired) electrons. The Morgan fingerprint density at radius 3 is 2.78 bits per heavy atom. The molecular formula is C13H17ClN2O2. The van der Waals surface area contributed by atoms with E-state index in [2.05, 4.69) is 0 Å². The number of nitrogens with two attached hydrogens (primary N) is 1. The van der Waals surface area contributed by atoms with Crippen molar-refractivity contribution in [2.24, 2.45) is 0 Å². The Balaban J connectivity index is 2.11. The summed E-state index contributed by atoms with van der Waals surface area (Å²) in [4.78, 5) is 13.8. The molecule has 0 aromatic heterocycles. The van der Waals surface area contributed by atoms with E-state index in [9.17, 15) is 9.90 Å². The number of nitrogens with zero attached hydrogens (tertiary/aromatic N) is 1. The molecule has 1 aromatic rings. The maximum Gasteiger partial charge on any atom is 0.257 e. The Morgan fingerprint density at radius 1 is 1.56 bits per heavy atom. The number of amides is 1. The lowest BCUT2D eigenvalue weighted by Gasteiger charge is -2.46. The van der Waals surface area contributed by atoms with Crippen LogP contribution in [0.1, 0.15) is 30.1 Å². The van der Waals surface area contributed by atoms with E-state index in [1.807, 2.05) is 6.92 Å². The third kappa shape index (κ3) is 2.31. The lowest BCUT2D eigenvalue weighted by molar-refractivity contribution is -0.0859. The van der Waals surface area contributed by atoms with Gasteiger partial charge in [0, 0.05) is 5.69 Å². The summed E-state index contributed by atoms with van der Waals surface area (Å²) in [5.74, 6) is -0.209. The van der Waals surface area contributed by atoms with E-state index in [1.165, 1.54) is 0 Å². The minimum absolute atomic E-state index is 0.209. The number of benzene rings is 1. The molecule has 0 bridgehead atoms. The third-order valence-corrected chi connectivity index (χ3v) is 3.55. The van der Waals surface area contributed by atoms with Crippen molar-refractivity contribution in [2.75, 3.05) is 18.8 Å². The van der Waals surface area contributed by atoms with Crippen molar-refractivity contribution in [3.8, 4) is 0 Å². The molecule has 1 aliphatic rings. The van der Waals surface area contributed by atoms with E-state index >= 15 is 0 Å². The number of halogens is 1.